The standard InChI is InChI=1S/C17H23N3O/c1-13-5-6-16(14(2)11-13)17(21)15(3)19-7-4-9-20-10-8-18-12-20/h5-6,8,10-12,15,19H,4,7,9H2,1-3H3. The molecule has 0 amide bonds. The van der Waals surface area contributed by atoms with Gasteiger partial charge in [-0.1, -0.05) is 23.8 Å². The Morgan fingerprint density at radius 3 is 2.86 bits per heavy atom. The molecule has 1 N–H and O–H groups in total. The first-order valence-corrected chi connectivity index (χ1v) is 7.38. The summed E-state index contributed by atoms with van der Waals surface area (Å²) in [6.45, 7) is 7.69. The number of imidazole rings is 1. The first-order chi connectivity index (χ1) is 10.1. The highest BCUT2D eigenvalue weighted by Gasteiger charge is 2.16. The molecule has 21 heavy (non-hydrogen) atoms. The SMILES string of the molecule is Cc1ccc(C(=O)C(C)NCCCn2ccnc2)c(C)c1. The number of hydrogen-bond donors (Lipinski definition) is 1. The number of nitrogens with zero attached hydrogens (tertiary/aromatic N) is 2. The van der Waals surface area contributed by atoms with Crippen molar-refractivity contribution in [2.24, 2.45) is 0 Å². The third kappa shape index (κ3) is 4.26. The zero-order chi connectivity index (χ0) is 15.2. The van der Waals surface area contributed by atoms with Crippen molar-refractivity contribution in [2.75, 3.05) is 6.54 Å². The van der Waals surface area contributed by atoms with Gasteiger partial charge >= 0.3 is 0 Å². The molecule has 0 aliphatic carbocycles. The van der Waals surface area contributed by atoms with E-state index < -0.39 is 0 Å². The number of benzene rings is 1. The fourth-order valence-electron chi connectivity index (χ4n) is 2.42. The van der Waals surface area contributed by atoms with Gasteiger partial charge in [-0.3, -0.25) is 4.79 Å². The number of Topliss-reactive ketones (excluding diaryl/α,β-unsaturated/α-hetero) is 1. The van der Waals surface area contributed by atoms with Crippen molar-refractivity contribution in [1.29, 1.82) is 0 Å². The van der Waals surface area contributed by atoms with Gasteiger partial charge in [0.25, 0.3) is 0 Å². The van der Waals surface area contributed by atoms with Gasteiger partial charge in [-0.15, -0.1) is 0 Å². The highest BCUT2D eigenvalue weighted by Crippen LogP contribution is 2.12. The maximum atomic E-state index is 12.4. The van der Waals surface area contributed by atoms with Crippen LogP contribution in [0.15, 0.2) is 36.9 Å². The molecular weight excluding hydrogens is 262 g/mol. The second-order valence-corrected chi connectivity index (χ2v) is 5.51. The van der Waals surface area contributed by atoms with E-state index in [0.29, 0.717) is 0 Å². The summed E-state index contributed by atoms with van der Waals surface area (Å²) in [5.74, 6) is 0.162. The van der Waals surface area contributed by atoms with Crippen molar-refractivity contribution in [1.82, 2.24) is 14.9 Å². The van der Waals surface area contributed by atoms with Crippen LogP contribution in [0.25, 0.3) is 0 Å². The molecule has 0 spiro atoms. The van der Waals surface area contributed by atoms with E-state index in [1.54, 1.807) is 6.20 Å². The Bertz CT molecular complexity index is 590. The molecule has 0 aliphatic heterocycles. The van der Waals surface area contributed by atoms with Crippen molar-refractivity contribution in [2.45, 2.75) is 39.8 Å². The monoisotopic (exact) mass is 285 g/mol. The summed E-state index contributed by atoms with van der Waals surface area (Å²) in [5.41, 5.74) is 3.05. The lowest BCUT2D eigenvalue weighted by Crippen LogP contribution is -2.35. The minimum Gasteiger partial charge on any atom is -0.337 e. The van der Waals surface area contributed by atoms with Gasteiger partial charge in [0, 0.05) is 24.5 Å². The quantitative estimate of drug-likeness (QED) is 0.628. The van der Waals surface area contributed by atoms with Crippen LogP contribution in [-0.2, 0) is 6.54 Å². The van der Waals surface area contributed by atoms with E-state index in [4.69, 9.17) is 0 Å². The molecule has 0 saturated carbocycles. The summed E-state index contributed by atoms with van der Waals surface area (Å²) in [5, 5.41) is 3.30. The summed E-state index contributed by atoms with van der Waals surface area (Å²) in [6, 6.07) is 5.82. The molecule has 1 heterocycles. The predicted octanol–water partition coefficient (Wildman–Crippen LogP) is 2.75. The molecule has 1 atom stereocenters. The molecule has 0 bridgehead atoms. The minimum absolute atomic E-state index is 0.158. The number of rotatable bonds is 7. The third-order valence-electron chi connectivity index (χ3n) is 3.64. The van der Waals surface area contributed by atoms with Crippen LogP contribution in [0.5, 0.6) is 0 Å². The van der Waals surface area contributed by atoms with Crippen molar-refractivity contribution < 1.29 is 4.79 Å². The van der Waals surface area contributed by atoms with Crippen molar-refractivity contribution in [3.63, 3.8) is 0 Å². The summed E-state index contributed by atoms with van der Waals surface area (Å²) in [6.07, 6.45) is 6.51. The zero-order valence-electron chi connectivity index (χ0n) is 13.0. The molecule has 0 fully saturated rings. The molecule has 112 valence electrons. The molecule has 0 radical (unpaired) electrons. The van der Waals surface area contributed by atoms with E-state index >= 15 is 0 Å². The molecule has 1 aromatic heterocycles. The Hall–Kier alpha value is -1.94. The average molecular weight is 285 g/mol. The Morgan fingerprint density at radius 2 is 2.19 bits per heavy atom. The molecular formula is C17H23N3O. The molecule has 1 aromatic carbocycles. The van der Waals surface area contributed by atoms with Gasteiger partial charge < -0.3 is 9.88 Å². The maximum absolute atomic E-state index is 12.4. The normalized spacial score (nSPS) is 12.3. The zero-order valence-corrected chi connectivity index (χ0v) is 13.0. The van der Waals surface area contributed by atoms with Crippen molar-refractivity contribution in [3.05, 3.63) is 53.6 Å². The molecule has 0 aliphatic rings. The van der Waals surface area contributed by atoms with E-state index in [2.05, 4.69) is 16.4 Å². The summed E-state index contributed by atoms with van der Waals surface area (Å²) < 4.78 is 2.04. The van der Waals surface area contributed by atoms with Gasteiger partial charge in [0.2, 0.25) is 0 Å². The Morgan fingerprint density at radius 1 is 1.38 bits per heavy atom. The molecule has 0 saturated heterocycles. The summed E-state index contributed by atoms with van der Waals surface area (Å²) >= 11 is 0. The van der Waals surface area contributed by atoms with E-state index in [9.17, 15) is 4.79 Å². The number of ketones is 1. The summed E-state index contributed by atoms with van der Waals surface area (Å²) in [7, 11) is 0. The lowest BCUT2D eigenvalue weighted by atomic mass is 9.98. The molecule has 2 aromatic rings. The number of nitrogens with one attached hydrogen (secondary N) is 1. The van der Waals surface area contributed by atoms with Crippen molar-refractivity contribution >= 4 is 5.78 Å². The van der Waals surface area contributed by atoms with E-state index in [-0.39, 0.29) is 11.8 Å². The van der Waals surface area contributed by atoms with Crippen LogP contribution in [-0.4, -0.2) is 27.9 Å². The number of aromatic nitrogens is 2. The van der Waals surface area contributed by atoms with E-state index in [0.717, 1.165) is 30.6 Å². The molecule has 4 heteroatoms. The second kappa shape index (κ2) is 7.18. The third-order valence-corrected chi connectivity index (χ3v) is 3.64. The van der Waals surface area contributed by atoms with Crippen LogP contribution in [0.2, 0.25) is 0 Å². The van der Waals surface area contributed by atoms with Crippen LogP contribution >= 0.6 is 0 Å². The van der Waals surface area contributed by atoms with Gasteiger partial charge in [0.1, 0.15) is 0 Å². The predicted molar refractivity (Wildman–Crippen MR) is 84.6 cm³/mol. The van der Waals surface area contributed by atoms with E-state index in [1.165, 1.54) is 5.56 Å². The first-order valence-electron chi connectivity index (χ1n) is 7.38. The Kier molecular flexibility index (Phi) is 5.28. The average Bonchev–Trinajstić information content (AvgIpc) is 2.96. The van der Waals surface area contributed by atoms with Gasteiger partial charge in [0.05, 0.1) is 12.4 Å². The fraction of sp³-hybridized carbons (Fsp3) is 0.412. The van der Waals surface area contributed by atoms with Crippen LogP contribution in [0, 0.1) is 13.8 Å². The fourth-order valence-corrected chi connectivity index (χ4v) is 2.42. The van der Waals surface area contributed by atoms with Crippen LogP contribution < -0.4 is 5.32 Å². The smallest absolute Gasteiger partial charge is 0.179 e. The largest absolute Gasteiger partial charge is 0.337 e. The topological polar surface area (TPSA) is 46.9 Å². The molecule has 1 unspecified atom stereocenters. The number of hydrogen-bond acceptors (Lipinski definition) is 3. The second-order valence-electron chi connectivity index (χ2n) is 5.51. The maximum Gasteiger partial charge on any atom is 0.179 e. The van der Waals surface area contributed by atoms with Gasteiger partial charge in [-0.25, -0.2) is 4.98 Å². The summed E-state index contributed by atoms with van der Waals surface area (Å²) in [4.78, 5) is 16.4. The number of aryl methyl sites for hydroxylation is 3. The van der Waals surface area contributed by atoms with Crippen LogP contribution in [0.4, 0.5) is 0 Å². The van der Waals surface area contributed by atoms with E-state index in [1.807, 2.05) is 50.0 Å². The highest BCUT2D eigenvalue weighted by molar-refractivity contribution is 6.01. The number of carbonyl (C=O) groups is 1. The number of carbonyl (C=O) groups excluding carboxylic acids is 1. The minimum atomic E-state index is -0.158. The highest BCUT2D eigenvalue weighted by atomic mass is 16.1. The lowest BCUT2D eigenvalue weighted by molar-refractivity contribution is 0.0950. The Balaban J connectivity index is 1.82. The van der Waals surface area contributed by atoms with Crippen molar-refractivity contribution in [3.8, 4) is 0 Å². The first kappa shape index (κ1) is 15.4. The molecule has 4 nitrogen and oxygen atoms in total. The van der Waals surface area contributed by atoms with Gasteiger partial charge in [0.15, 0.2) is 5.78 Å². The van der Waals surface area contributed by atoms with Gasteiger partial charge in [-0.05, 0) is 39.3 Å². The molecule has 2 rings (SSSR count). The van der Waals surface area contributed by atoms with Crippen LogP contribution in [0.3, 0.4) is 0 Å². The lowest BCUT2D eigenvalue weighted by Gasteiger charge is -2.14. The van der Waals surface area contributed by atoms with Gasteiger partial charge in [-0.2, -0.15) is 0 Å². The van der Waals surface area contributed by atoms with Crippen LogP contribution in [0.1, 0.15) is 34.8 Å². The Labute approximate surface area is 126 Å².